The summed E-state index contributed by atoms with van der Waals surface area (Å²) in [4.78, 5) is 12.1. The molecule has 0 aromatic carbocycles. The molecule has 0 spiro atoms. The lowest BCUT2D eigenvalue weighted by molar-refractivity contribution is -0.216. The van der Waals surface area contributed by atoms with Gasteiger partial charge in [0.15, 0.2) is 5.41 Å². The Morgan fingerprint density at radius 2 is 2.16 bits per heavy atom. The predicted octanol–water partition coefficient (Wildman–Crippen LogP) is 1.21. The summed E-state index contributed by atoms with van der Waals surface area (Å²) < 4.78 is 44.8. The number of nitrogens with one attached hydrogen (secondary N) is 2. The number of carbonyl (C=O) groups is 1. The third-order valence-electron chi connectivity index (χ3n) is 4.20. The van der Waals surface area contributed by atoms with Gasteiger partial charge in [0.25, 0.3) is 0 Å². The van der Waals surface area contributed by atoms with E-state index in [1.54, 1.807) is 0 Å². The molecule has 3 unspecified atom stereocenters. The van der Waals surface area contributed by atoms with Crippen molar-refractivity contribution in [1.29, 1.82) is 0 Å². The highest BCUT2D eigenvalue weighted by molar-refractivity contribution is 5.84. The summed E-state index contributed by atoms with van der Waals surface area (Å²) in [6.45, 7) is -0.127. The first-order valence-electron chi connectivity index (χ1n) is 6.52. The lowest BCUT2D eigenvalue weighted by Gasteiger charge is -2.31. The van der Waals surface area contributed by atoms with Gasteiger partial charge in [-0.1, -0.05) is 0 Å². The molecule has 0 aromatic rings. The molecule has 1 saturated heterocycles. The zero-order valence-electron chi connectivity index (χ0n) is 10.8. The van der Waals surface area contributed by atoms with Gasteiger partial charge in [0, 0.05) is 13.7 Å². The first-order chi connectivity index (χ1) is 8.90. The lowest BCUT2D eigenvalue weighted by atomic mass is 9.85. The van der Waals surface area contributed by atoms with Crippen LogP contribution in [0.25, 0.3) is 0 Å². The van der Waals surface area contributed by atoms with Crippen LogP contribution in [0.4, 0.5) is 13.2 Å². The fraction of sp³-hybridized carbons (Fsp3) is 0.917. The molecule has 2 rings (SSSR count). The molecule has 0 radical (unpaired) electrons. The molecule has 3 atom stereocenters. The maximum absolute atomic E-state index is 13.2. The number of ether oxygens (including phenoxy) is 1. The van der Waals surface area contributed by atoms with Gasteiger partial charge in [-0.15, -0.1) is 0 Å². The lowest BCUT2D eigenvalue weighted by Crippen LogP contribution is -2.55. The number of alkyl halides is 3. The van der Waals surface area contributed by atoms with Crippen LogP contribution >= 0.6 is 0 Å². The van der Waals surface area contributed by atoms with Gasteiger partial charge < -0.3 is 15.4 Å². The fourth-order valence-corrected chi connectivity index (χ4v) is 2.94. The van der Waals surface area contributed by atoms with Gasteiger partial charge in [-0.2, -0.15) is 13.2 Å². The van der Waals surface area contributed by atoms with Gasteiger partial charge >= 0.3 is 6.18 Å². The van der Waals surface area contributed by atoms with E-state index >= 15 is 0 Å². The van der Waals surface area contributed by atoms with E-state index in [2.05, 4.69) is 10.6 Å². The molecule has 2 fully saturated rings. The number of halogens is 3. The summed E-state index contributed by atoms with van der Waals surface area (Å²) >= 11 is 0. The molecule has 7 heteroatoms. The minimum absolute atomic E-state index is 0.177. The van der Waals surface area contributed by atoms with Gasteiger partial charge in [0.2, 0.25) is 5.91 Å². The Balaban J connectivity index is 2.09. The Kier molecular flexibility index (Phi) is 4.06. The molecule has 110 valence electrons. The molecule has 1 aliphatic heterocycles. The predicted molar refractivity (Wildman–Crippen MR) is 62.6 cm³/mol. The van der Waals surface area contributed by atoms with Crippen molar-refractivity contribution in [3.8, 4) is 0 Å². The van der Waals surface area contributed by atoms with Crippen LogP contribution in [0, 0.1) is 5.41 Å². The van der Waals surface area contributed by atoms with Crippen LogP contribution in [0.1, 0.15) is 25.7 Å². The Morgan fingerprint density at radius 3 is 2.68 bits per heavy atom. The van der Waals surface area contributed by atoms with Crippen LogP contribution in [-0.4, -0.2) is 44.4 Å². The van der Waals surface area contributed by atoms with Crippen molar-refractivity contribution in [1.82, 2.24) is 10.6 Å². The monoisotopic (exact) mass is 280 g/mol. The highest BCUT2D eigenvalue weighted by Gasteiger charge is 2.61. The molecule has 0 bridgehead atoms. The van der Waals surface area contributed by atoms with E-state index in [-0.39, 0.29) is 31.7 Å². The van der Waals surface area contributed by atoms with Crippen LogP contribution < -0.4 is 10.6 Å². The molecule has 0 aromatic heterocycles. The van der Waals surface area contributed by atoms with Crippen LogP contribution in [0.2, 0.25) is 0 Å². The molecule has 2 N–H and O–H groups in total. The van der Waals surface area contributed by atoms with E-state index in [1.165, 1.54) is 7.11 Å². The standard InChI is InChI=1S/C12H19F3N2O2/c1-19-9-4-2-3-8(9)17-10(18)11(12(13,14)15)5-6-16-7-11/h8-9,16H,2-7H2,1H3,(H,17,18). The first kappa shape index (κ1) is 14.6. The first-order valence-corrected chi connectivity index (χ1v) is 6.52. The van der Waals surface area contributed by atoms with Gasteiger partial charge in [-0.3, -0.25) is 4.79 Å². The summed E-state index contributed by atoms with van der Waals surface area (Å²) in [7, 11) is 1.52. The average Bonchev–Trinajstić information content (AvgIpc) is 2.96. The van der Waals surface area contributed by atoms with Gasteiger partial charge in [-0.25, -0.2) is 0 Å². The number of methoxy groups -OCH3 is 1. The normalized spacial score (nSPS) is 35.6. The summed E-state index contributed by atoms with van der Waals surface area (Å²) in [5.41, 5.74) is -2.28. The topological polar surface area (TPSA) is 50.4 Å². The van der Waals surface area contributed by atoms with Crippen molar-refractivity contribution >= 4 is 5.91 Å². The largest absolute Gasteiger partial charge is 0.404 e. The van der Waals surface area contributed by atoms with Crippen molar-refractivity contribution in [2.45, 2.75) is 44.0 Å². The van der Waals surface area contributed by atoms with E-state index in [1.807, 2.05) is 0 Å². The van der Waals surface area contributed by atoms with Crippen molar-refractivity contribution < 1.29 is 22.7 Å². The Hall–Kier alpha value is -0.820. The van der Waals surface area contributed by atoms with E-state index < -0.39 is 17.5 Å². The smallest absolute Gasteiger partial charge is 0.379 e. The molecule has 2 aliphatic rings. The second-order valence-corrected chi connectivity index (χ2v) is 5.29. The minimum Gasteiger partial charge on any atom is -0.379 e. The molecule has 1 heterocycles. The minimum atomic E-state index is -4.53. The molecule has 1 amide bonds. The second-order valence-electron chi connectivity index (χ2n) is 5.29. The highest BCUT2D eigenvalue weighted by atomic mass is 19.4. The molecule has 1 saturated carbocycles. The number of hydrogen-bond acceptors (Lipinski definition) is 3. The molecule has 19 heavy (non-hydrogen) atoms. The zero-order valence-corrected chi connectivity index (χ0v) is 10.8. The maximum Gasteiger partial charge on any atom is 0.404 e. The number of rotatable bonds is 3. The van der Waals surface area contributed by atoms with Crippen LogP contribution in [-0.2, 0) is 9.53 Å². The molecular formula is C12H19F3N2O2. The van der Waals surface area contributed by atoms with Crippen molar-refractivity contribution in [3.05, 3.63) is 0 Å². The summed E-state index contributed by atoms with van der Waals surface area (Å²) in [5, 5.41) is 5.18. The number of hydrogen-bond donors (Lipinski definition) is 2. The molecule has 1 aliphatic carbocycles. The zero-order chi connectivity index (χ0) is 14.1. The third-order valence-corrected chi connectivity index (χ3v) is 4.20. The highest BCUT2D eigenvalue weighted by Crippen LogP contribution is 2.43. The van der Waals surface area contributed by atoms with E-state index in [0.29, 0.717) is 6.42 Å². The summed E-state index contributed by atoms with van der Waals surface area (Å²) in [5.74, 6) is -0.918. The molecule has 4 nitrogen and oxygen atoms in total. The number of carbonyl (C=O) groups excluding carboxylic acids is 1. The Labute approximate surface area is 110 Å². The fourth-order valence-electron chi connectivity index (χ4n) is 2.94. The van der Waals surface area contributed by atoms with E-state index in [0.717, 1.165) is 12.8 Å². The van der Waals surface area contributed by atoms with Gasteiger partial charge in [0.05, 0.1) is 12.1 Å². The van der Waals surface area contributed by atoms with E-state index in [9.17, 15) is 18.0 Å². The van der Waals surface area contributed by atoms with Gasteiger partial charge in [0.1, 0.15) is 0 Å². The number of amides is 1. The van der Waals surface area contributed by atoms with Crippen molar-refractivity contribution in [2.24, 2.45) is 5.41 Å². The van der Waals surface area contributed by atoms with Crippen molar-refractivity contribution in [2.75, 3.05) is 20.2 Å². The van der Waals surface area contributed by atoms with Crippen LogP contribution in [0.3, 0.4) is 0 Å². The Bertz CT molecular complexity index is 340. The summed E-state index contributed by atoms with van der Waals surface area (Å²) in [6, 6.07) is -0.308. The van der Waals surface area contributed by atoms with Crippen LogP contribution in [0.5, 0.6) is 0 Å². The van der Waals surface area contributed by atoms with Crippen molar-refractivity contribution in [3.63, 3.8) is 0 Å². The Morgan fingerprint density at radius 1 is 1.42 bits per heavy atom. The van der Waals surface area contributed by atoms with Crippen LogP contribution in [0.15, 0.2) is 0 Å². The SMILES string of the molecule is COC1CCCC1NC(=O)C1(C(F)(F)F)CCNC1. The summed E-state index contributed by atoms with van der Waals surface area (Å²) in [6.07, 6.45) is -2.59. The average molecular weight is 280 g/mol. The maximum atomic E-state index is 13.2. The quantitative estimate of drug-likeness (QED) is 0.817. The van der Waals surface area contributed by atoms with E-state index in [4.69, 9.17) is 4.74 Å². The van der Waals surface area contributed by atoms with Gasteiger partial charge in [-0.05, 0) is 32.2 Å². The molecular weight excluding hydrogens is 261 g/mol. The third kappa shape index (κ3) is 2.58. The second kappa shape index (κ2) is 5.28.